The molecule has 178 valence electrons. The van der Waals surface area contributed by atoms with Gasteiger partial charge in [-0.15, -0.1) is 24.0 Å². The quantitative estimate of drug-likeness (QED) is 0.319. The number of aliphatic imine (C=N–C) groups is 1. The van der Waals surface area contributed by atoms with Crippen LogP contribution in [-0.4, -0.2) is 62.2 Å². The van der Waals surface area contributed by atoms with Crippen molar-refractivity contribution < 1.29 is 9.53 Å². The summed E-state index contributed by atoms with van der Waals surface area (Å²) >= 11 is 0. The van der Waals surface area contributed by atoms with E-state index >= 15 is 0 Å². The molecule has 0 radical (unpaired) electrons. The molecule has 4 rings (SSSR count). The second kappa shape index (κ2) is 12.8. The molecule has 1 unspecified atom stereocenters. The molecule has 0 aromatic heterocycles. The standard InChI is InChI=1S/C25H33N5O2.HI/c1-2-26-25(30-15-13-29(14-16-30)22-10-4-3-5-11-22)27-19-20-8-6-9-21(18-20)28-24(31)23-12-7-17-32-23;/h3-6,8-11,18,23H,2,7,12-17,19H2,1H3,(H,26,27)(H,28,31);1H. The van der Waals surface area contributed by atoms with Gasteiger partial charge in [0.1, 0.15) is 6.10 Å². The van der Waals surface area contributed by atoms with E-state index in [4.69, 9.17) is 9.73 Å². The van der Waals surface area contributed by atoms with E-state index in [1.807, 2.05) is 24.3 Å². The van der Waals surface area contributed by atoms with E-state index in [0.29, 0.717) is 13.2 Å². The average molecular weight is 563 g/mol. The molecule has 1 atom stereocenters. The lowest BCUT2D eigenvalue weighted by Gasteiger charge is -2.37. The molecule has 33 heavy (non-hydrogen) atoms. The molecule has 2 aromatic carbocycles. The number of para-hydroxylation sites is 1. The maximum Gasteiger partial charge on any atom is 0.253 e. The van der Waals surface area contributed by atoms with Crippen molar-refractivity contribution in [1.29, 1.82) is 0 Å². The fourth-order valence-electron chi connectivity index (χ4n) is 4.16. The molecule has 2 aromatic rings. The molecule has 7 nitrogen and oxygen atoms in total. The second-order valence-corrected chi connectivity index (χ2v) is 8.17. The maximum atomic E-state index is 12.3. The van der Waals surface area contributed by atoms with E-state index in [9.17, 15) is 4.79 Å². The highest BCUT2D eigenvalue weighted by Gasteiger charge is 2.23. The van der Waals surface area contributed by atoms with Crippen LogP contribution in [0.2, 0.25) is 0 Å². The van der Waals surface area contributed by atoms with Crippen LogP contribution in [0.15, 0.2) is 59.6 Å². The van der Waals surface area contributed by atoms with E-state index in [0.717, 1.165) is 62.8 Å². The fraction of sp³-hybridized carbons (Fsp3) is 0.440. The highest BCUT2D eigenvalue weighted by Crippen LogP contribution is 2.18. The molecule has 0 saturated carbocycles. The van der Waals surface area contributed by atoms with Gasteiger partial charge in [-0.25, -0.2) is 4.99 Å². The predicted octanol–water partition coefficient (Wildman–Crippen LogP) is 3.71. The molecule has 2 aliphatic heterocycles. The van der Waals surface area contributed by atoms with Gasteiger partial charge in [-0.1, -0.05) is 30.3 Å². The second-order valence-electron chi connectivity index (χ2n) is 8.17. The van der Waals surface area contributed by atoms with E-state index in [1.54, 1.807) is 0 Å². The Bertz CT molecular complexity index is 910. The number of guanidine groups is 1. The minimum absolute atomic E-state index is 0. The molecule has 0 spiro atoms. The van der Waals surface area contributed by atoms with Crippen LogP contribution in [0.3, 0.4) is 0 Å². The fourth-order valence-corrected chi connectivity index (χ4v) is 4.16. The Morgan fingerprint density at radius 3 is 2.58 bits per heavy atom. The number of nitrogens with zero attached hydrogens (tertiary/aromatic N) is 3. The topological polar surface area (TPSA) is 69.2 Å². The van der Waals surface area contributed by atoms with Crippen molar-refractivity contribution in [3.05, 3.63) is 60.2 Å². The number of halogens is 1. The van der Waals surface area contributed by atoms with E-state index < -0.39 is 0 Å². The number of nitrogens with one attached hydrogen (secondary N) is 2. The summed E-state index contributed by atoms with van der Waals surface area (Å²) in [5, 5.41) is 6.41. The Hall–Kier alpha value is -2.33. The zero-order valence-corrected chi connectivity index (χ0v) is 21.5. The number of piperazine rings is 1. The van der Waals surface area contributed by atoms with Gasteiger partial charge in [0, 0.05) is 50.7 Å². The number of hydrogen-bond acceptors (Lipinski definition) is 4. The summed E-state index contributed by atoms with van der Waals surface area (Å²) in [5.41, 5.74) is 3.13. The number of anilines is 2. The largest absolute Gasteiger partial charge is 0.368 e. The molecule has 2 aliphatic rings. The molecule has 1 amide bonds. The molecule has 2 fully saturated rings. The summed E-state index contributed by atoms with van der Waals surface area (Å²) in [6, 6.07) is 18.5. The first kappa shape index (κ1) is 25.3. The van der Waals surface area contributed by atoms with Gasteiger partial charge in [0.2, 0.25) is 0 Å². The highest BCUT2D eigenvalue weighted by atomic mass is 127. The van der Waals surface area contributed by atoms with Gasteiger partial charge in [-0.05, 0) is 49.6 Å². The van der Waals surface area contributed by atoms with E-state index in [2.05, 4.69) is 57.7 Å². The van der Waals surface area contributed by atoms with Crippen molar-refractivity contribution in [3.8, 4) is 0 Å². The third-order valence-corrected chi connectivity index (χ3v) is 5.86. The summed E-state index contributed by atoms with van der Waals surface area (Å²) in [7, 11) is 0. The van der Waals surface area contributed by atoms with Crippen LogP contribution in [0.4, 0.5) is 11.4 Å². The van der Waals surface area contributed by atoms with E-state index in [-0.39, 0.29) is 36.0 Å². The van der Waals surface area contributed by atoms with Crippen LogP contribution in [0.1, 0.15) is 25.3 Å². The monoisotopic (exact) mass is 563 g/mol. The van der Waals surface area contributed by atoms with Crippen molar-refractivity contribution in [2.45, 2.75) is 32.4 Å². The van der Waals surface area contributed by atoms with Gasteiger partial charge >= 0.3 is 0 Å². The number of carbonyl (C=O) groups excluding carboxylic acids is 1. The average Bonchev–Trinajstić information content (AvgIpc) is 3.38. The van der Waals surface area contributed by atoms with Crippen molar-refractivity contribution in [2.75, 3.05) is 49.5 Å². The van der Waals surface area contributed by atoms with Gasteiger partial charge in [-0.2, -0.15) is 0 Å². The normalized spacial score (nSPS) is 18.6. The minimum atomic E-state index is -0.327. The Balaban J connectivity index is 0.00000306. The summed E-state index contributed by atoms with van der Waals surface area (Å²) in [6.45, 7) is 7.95. The molecule has 2 heterocycles. The van der Waals surface area contributed by atoms with Gasteiger partial charge in [-0.3, -0.25) is 4.79 Å². The SMILES string of the molecule is CCNC(=NCc1cccc(NC(=O)C2CCCO2)c1)N1CCN(c2ccccc2)CC1.I. The molecule has 0 bridgehead atoms. The van der Waals surface area contributed by atoms with Crippen molar-refractivity contribution >= 4 is 47.2 Å². The number of carbonyl (C=O) groups is 1. The first-order chi connectivity index (χ1) is 15.7. The van der Waals surface area contributed by atoms with Crippen LogP contribution < -0.4 is 15.5 Å². The molecule has 8 heteroatoms. The van der Waals surface area contributed by atoms with Gasteiger partial charge in [0.05, 0.1) is 6.54 Å². The molecular weight excluding hydrogens is 529 g/mol. The van der Waals surface area contributed by atoms with E-state index in [1.165, 1.54) is 5.69 Å². The maximum absolute atomic E-state index is 12.3. The zero-order valence-electron chi connectivity index (χ0n) is 19.2. The van der Waals surface area contributed by atoms with Crippen LogP contribution in [0, 0.1) is 0 Å². The minimum Gasteiger partial charge on any atom is -0.368 e. The lowest BCUT2D eigenvalue weighted by molar-refractivity contribution is -0.124. The van der Waals surface area contributed by atoms with Crippen molar-refractivity contribution in [2.24, 2.45) is 4.99 Å². The molecular formula is C25H34IN5O2. The number of benzene rings is 2. The van der Waals surface area contributed by atoms with Gasteiger partial charge in [0.15, 0.2) is 5.96 Å². The lowest BCUT2D eigenvalue weighted by atomic mass is 10.2. The number of ether oxygens (including phenoxy) is 1. The Kier molecular flexibility index (Phi) is 9.80. The van der Waals surface area contributed by atoms with Crippen LogP contribution >= 0.6 is 24.0 Å². The van der Waals surface area contributed by atoms with Crippen molar-refractivity contribution in [1.82, 2.24) is 10.2 Å². The van der Waals surface area contributed by atoms with Crippen molar-refractivity contribution in [3.63, 3.8) is 0 Å². The predicted molar refractivity (Wildman–Crippen MR) is 145 cm³/mol. The lowest BCUT2D eigenvalue weighted by Crippen LogP contribution is -2.52. The summed E-state index contributed by atoms with van der Waals surface area (Å²) in [6.07, 6.45) is 1.41. The number of hydrogen-bond donors (Lipinski definition) is 2. The molecule has 2 saturated heterocycles. The third kappa shape index (κ3) is 7.07. The molecule has 0 aliphatic carbocycles. The Labute approximate surface area is 213 Å². The number of amides is 1. The first-order valence-corrected chi connectivity index (χ1v) is 11.6. The highest BCUT2D eigenvalue weighted by molar-refractivity contribution is 14.0. The summed E-state index contributed by atoms with van der Waals surface area (Å²) in [5.74, 6) is 0.877. The third-order valence-electron chi connectivity index (χ3n) is 5.86. The Morgan fingerprint density at radius 2 is 1.88 bits per heavy atom. The van der Waals surface area contributed by atoms with Crippen LogP contribution in [-0.2, 0) is 16.1 Å². The smallest absolute Gasteiger partial charge is 0.253 e. The van der Waals surface area contributed by atoms with Gasteiger partial charge < -0.3 is 25.2 Å². The summed E-state index contributed by atoms with van der Waals surface area (Å²) < 4.78 is 5.47. The van der Waals surface area contributed by atoms with Crippen LogP contribution in [0.5, 0.6) is 0 Å². The zero-order chi connectivity index (χ0) is 22.2. The summed E-state index contributed by atoms with van der Waals surface area (Å²) in [4.78, 5) is 21.9. The van der Waals surface area contributed by atoms with Gasteiger partial charge in [0.25, 0.3) is 5.91 Å². The molecule has 2 N–H and O–H groups in total. The van der Waals surface area contributed by atoms with Crippen LogP contribution in [0.25, 0.3) is 0 Å². The Morgan fingerprint density at radius 1 is 1.09 bits per heavy atom. The number of rotatable bonds is 6. The first-order valence-electron chi connectivity index (χ1n) is 11.6.